The second-order valence-electron chi connectivity index (χ2n) is 3.24. The lowest BCUT2D eigenvalue weighted by Crippen LogP contribution is -2.10. The van der Waals surface area contributed by atoms with Gasteiger partial charge in [0.25, 0.3) is 0 Å². The van der Waals surface area contributed by atoms with Crippen molar-refractivity contribution in [1.29, 1.82) is 0 Å². The van der Waals surface area contributed by atoms with Gasteiger partial charge in [-0.1, -0.05) is 45.4 Å². The molecule has 0 saturated carbocycles. The Bertz CT molecular complexity index is 200. The van der Waals surface area contributed by atoms with Crippen molar-refractivity contribution >= 4 is 21.6 Å². The molecule has 2 aliphatic rings. The molecule has 0 amide bonds. The lowest BCUT2D eigenvalue weighted by Gasteiger charge is -2.23. The average Bonchev–Trinajstić information content (AvgIpc) is 2.21. The number of allylic oxidation sites excluding steroid dienone is 3. The Morgan fingerprint density at radius 2 is 2.33 bits per heavy atom. The van der Waals surface area contributed by atoms with Crippen LogP contribution in [0.1, 0.15) is 25.7 Å². The van der Waals surface area contributed by atoms with Crippen LogP contribution in [-0.2, 0) is 0 Å². The molecule has 12 heavy (non-hydrogen) atoms. The molecule has 2 rings (SSSR count). The molecule has 1 unspecified atom stereocenters. The molecule has 0 bridgehead atoms. The Labute approximate surface area is 82.3 Å². The molecule has 1 fully saturated rings. The summed E-state index contributed by atoms with van der Waals surface area (Å²) in [6.45, 7) is 0. The number of hydrogen-bond acceptors (Lipinski definition) is 2. The fourth-order valence-corrected chi connectivity index (χ4v) is 4.55. The van der Waals surface area contributed by atoms with E-state index >= 15 is 0 Å². The highest BCUT2D eigenvalue weighted by atomic mass is 33.1. The first kappa shape index (κ1) is 8.76. The first-order valence-electron chi connectivity index (χ1n) is 4.59. The van der Waals surface area contributed by atoms with Crippen LogP contribution in [0.4, 0.5) is 0 Å². The van der Waals surface area contributed by atoms with E-state index in [0.29, 0.717) is 0 Å². The van der Waals surface area contributed by atoms with Crippen molar-refractivity contribution in [2.75, 3.05) is 5.75 Å². The molecule has 0 spiro atoms. The zero-order valence-electron chi connectivity index (χ0n) is 7.16. The molecule has 0 aromatic heterocycles. The third-order valence-electron chi connectivity index (χ3n) is 2.33. The fourth-order valence-electron chi connectivity index (χ4n) is 1.63. The van der Waals surface area contributed by atoms with Crippen LogP contribution in [0.25, 0.3) is 0 Å². The molecule has 0 radical (unpaired) electrons. The van der Waals surface area contributed by atoms with Gasteiger partial charge in [0.05, 0.1) is 0 Å². The highest BCUT2D eigenvalue weighted by Crippen LogP contribution is 2.40. The largest absolute Gasteiger partial charge is 0.0935 e. The van der Waals surface area contributed by atoms with Gasteiger partial charge in [0.15, 0.2) is 0 Å². The van der Waals surface area contributed by atoms with Crippen molar-refractivity contribution in [2.45, 2.75) is 30.9 Å². The van der Waals surface area contributed by atoms with Crippen LogP contribution in [-0.4, -0.2) is 11.0 Å². The summed E-state index contributed by atoms with van der Waals surface area (Å²) in [4.78, 5) is 0. The SMILES string of the molecule is C1=CCC(C2CCCSS2)=CC1. The summed E-state index contributed by atoms with van der Waals surface area (Å²) < 4.78 is 0. The normalized spacial score (nSPS) is 30.0. The van der Waals surface area contributed by atoms with E-state index in [1.807, 2.05) is 10.8 Å². The van der Waals surface area contributed by atoms with Crippen molar-refractivity contribution < 1.29 is 0 Å². The van der Waals surface area contributed by atoms with Crippen LogP contribution in [0.3, 0.4) is 0 Å². The van der Waals surface area contributed by atoms with Crippen LogP contribution in [0.2, 0.25) is 0 Å². The highest BCUT2D eigenvalue weighted by molar-refractivity contribution is 8.77. The minimum Gasteiger partial charge on any atom is -0.0935 e. The van der Waals surface area contributed by atoms with E-state index in [1.54, 1.807) is 5.57 Å². The summed E-state index contributed by atoms with van der Waals surface area (Å²) in [5.41, 5.74) is 1.68. The first-order chi connectivity index (χ1) is 5.97. The second kappa shape index (κ2) is 4.43. The minimum absolute atomic E-state index is 0.827. The molecule has 1 aliphatic heterocycles. The van der Waals surface area contributed by atoms with E-state index in [1.165, 1.54) is 25.0 Å². The van der Waals surface area contributed by atoms with Crippen LogP contribution >= 0.6 is 21.6 Å². The van der Waals surface area contributed by atoms with Crippen LogP contribution in [0.15, 0.2) is 23.8 Å². The second-order valence-corrected chi connectivity index (χ2v) is 5.93. The van der Waals surface area contributed by atoms with Gasteiger partial charge in [-0.05, 0) is 25.7 Å². The number of rotatable bonds is 1. The van der Waals surface area contributed by atoms with Crippen LogP contribution in [0, 0.1) is 0 Å². The minimum atomic E-state index is 0.827. The Hall–Kier alpha value is 0.180. The van der Waals surface area contributed by atoms with Crippen molar-refractivity contribution in [3.8, 4) is 0 Å². The monoisotopic (exact) mass is 198 g/mol. The molecule has 0 nitrogen and oxygen atoms in total. The van der Waals surface area contributed by atoms with Gasteiger partial charge in [-0.25, -0.2) is 0 Å². The lowest BCUT2D eigenvalue weighted by atomic mass is 10.00. The summed E-state index contributed by atoms with van der Waals surface area (Å²) in [6, 6.07) is 0. The summed E-state index contributed by atoms with van der Waals surface area (Å²) in [7, 11) is 4.13. The zero-order chi connectivity index (χ0) is 8.23. The van der Waals surface area contributed by atoms with E-state index in [-0.39, 0.29) is 0 Å². The molecular weight excluding hydrogens is 184 g/mol. The van der Waals surface area contributed by atoms with Crippen molar-refractivity contribution in [1.82, 2.24) is 0 Å². The summed E-state index contributed by atoms with van der Waals surface area (Å²) in [5, 5.41) is 0.827. The van der Waals surface area contributed by atoms with E-state index in [2.05, 4.69) is 29.0 Å². The standard InChI is InChI=1S/C10H14S2/c1-2-5-9(6-3-1)10-7-4-8-11-12-10/h1-2,6,10H,3-5,7-8H2. The average molecular weight is 198 g/mol. The third-order valence-corrected chi connectivity index (χ3v) is 5.30. The van der Waals surface area contributed by atoms with Gasteiger partial charge in [0.1, 0.15) is 0 Å². The van der Waals surface area contributed by atoms with Crippen LogP contribution in [0.5, 0.6) is 0 Å². The molecule has 0 N–H and O–H groups in total. The summed E-state index contributed by atoms with van der Waals surface area (Å²) in [6.07, 6.45) is 12.2. The first-order valence-corrected chi connectivity index (χ1v) is 6.97. The molecule has 0 aromatic rings. The number of hydrogen-bond donors (Lipinski definition) is 0. The molecule has 66 valence electrons. The zero-order valence-corrected chi connectivity index (χ0v) is 8.79. The van der Waals surface area contributed by atoms with Gasteiger partial charge >= 0.3 is 0 Å². The van der Waals surface area contributed by atoms with Gasteiger partial charge in [-0.2, -0.15) is 0 Å². The van der Waals surface area contributed by atoms with E-state index in [4.69, 9.17) is 0 Å². The molecule has 0 aromatic carbocycles. The Morgan fingerprint density at radius 3 is 3.00 bits per heavy atom. The quantitative estimate of drug-likeness (QED) is 0.464. The molecule has 1 atom stereocenters. The molecule has 1 aliphatic carbocycles. The fraction of sp³-hybridized carbons (Fsp3) is 0.600. The maximum Gasteiger partial charge on any atom is 0.0363 e. The molecule has 1 saturated heterocycles. The third kappa shape index (κ3) is 2.11. The predicted molar refractivity (Wildman–Crippen MR) is 59.5 cm³/mol. The van der Waals surface area contributed by atoms with Crippen molar-refractivity contribution in [3.63, 3.8) is 0 Å². The van der Waals surface area contributed by atoms with Gasteiger partial charge in [0.2, 0.25) is 0 Å². The lowest BCUT2D eigenvalue weighted by molar-refractivity contribution is 0.789. The maximum absolute atomic E-state index is 2.42. The maximum atomic E-state index is 2.42. The predicted octanol–water partition coefficient (Wildman–Crippen LogP) is 3.81. The summed E-state index contributed by atoms with van der Waals surface area (Å²) >= 11 is 0. The van der Waals surface area contributed by atoms with Gasteiger partial charge in [-0.15, -0.1) is 0 Å². The smallest absolute Gasteiger partial charge is 0.0363 e. The molecule has 1 heterocycles. The topological polar surface area (TPSA) is 0 Å². The van der Waals surface area contributed by atoms with Crippen LogP contribution < -0.4 is 0 Å². The Kier molecular flexibility index (Phi) is 3.23. The highest BCUT2D eigenvalue weighted by Gasteiger charge is 2.18. The summed E-state index contributed by atoms with van der Waals surface area (Å²) in [5.74, 6) is 1.35. The van der Waals surface area contributed by atoms with E-state index in [0.717, 1.165) is 11.7 Å². The van der Waals surface area contributed by atoms with Crippen molar-refractivity contribution in [3.05, 3.63) is 23.8 Å². The van der Waals surface area contributed by atoms with Crippen molar-refractivity contribution in [2.24, 2.45) is 0 Å². The van der Waals surface area contributed by atoms with E-state index in [9.17, 15) is 0 Å². The molecular formula is C10H14S2. The van der Waals surface area contributed by atoms with Gasteiger partial charge in [-0.3, -0.25) is 0 Å². The Morgan fingerprint density at radius 1 is 1.33 bits per heavy atom. The molecule has 2 heteroatoms. The van der Waals surface area contributed by atoms with E-state index < -0.39 is 0 Å². The van der Waals surface area contributed by atoms with Gasteiger partial charge in [0, 0.05) is 11.0 Å². The Balaban J connectivity index is 1.93. The van der Waals surface area contributed by atoms with Gasteiger partial charge < -0.3 is 0 Å².